The summed E-state index contributed by atoms with van der Waals surface area (Å²) in [7, 11) is 0. The van der Waals surface area contributed by atoms with Crippen LogP contribution < -0.4 is 5.73 Å². The molecule has 0 aromatic heterocycles. The van der Waals surface area contributed by atoms with Crippen molar-refractivity contribution in [3.63, 3.8) is 0 Å². The van der Waals surface area contributed by atoms with Crippen LogP contribution in [0.3, 0.4) is 0 Å². The lowest BCUT2D eigenvalue weighted by Gasteiger charge is -2.15. The van der Waals surface area contributed by atoms with Crippen LogP contribution in [0.25, 0.3) is 11.1 Å². The van der Waals surface area contributed by atoms with Crippen LogP contribution in [0.4, 0.5) is 0 Å². The Kier molecular flexibility index (Phi) is 3.73. The van der Waals surface area contributed by atoms with Crippen LogP contribution in [-0.4, -0.2) is 0 Å². The van der Waals surface area contributed by atoms with Gasteiger partial charge in [0.2, 0.25) is 0 Å². The highest BCUT2D eigenvalue weighted by Gasteiger charge is 2.10. The molecule has 0 saturated heterocycles. The summed E-state index contributed by atoms with van der Waals surface area (Å²) in [5, 5.41) is 0. The zero-order valence-electron chi connectivity index (χ0n) is 9.84. The second-order valence-corrected chi connectivity index (χ2v) is 4.08. The van der Waals surface area contributed by atoms with E-state index in [0.717, 1.165) is 6.42 Å². The summed E-state index contributed by atoms with van der Waals surface area (Å²) in [6.45, 7) is 3.75. The lowest BCUT2D eigenvalue weighted by Crippen LogP contribution is -2.10. The fourth-order valence-electron chi connectivity index (χ4n) is 2.01. The second-order valence-electron chi connectivity index (χ2n) is 4.08. The molecule has 1 atom stereocenters. The lowest BCUT2D eigenvalue weighted by atomic mass is 9.94. The molecule has 2 N–H and O–H groups in total. The second kappa shape index (κ2) is 5.46. The van der Waals surface area contributed by atoms with Gasteiger partial charge >= 0.3 is 0 Å². The summed E-state index contributed by atoms with van der Waals surface area (Å²) in [6.07, 6.45) is 2.66. The van der Waals surface area contributed by atoms with Gasteiger partial charge in [0.1, 0.15) is 0 Å². The Morgan fingerprint density at radius 1 is 1.00 bits per heavy atom. The number of benzene rings is 2. The lowest BCUT2D eigenvalue weighted by molar-refractivity contribution is 0.744. The molecule has 0 bridgehead atoms. The van der Waals surface area contributed by atoms with E-state index in [0.29, 0.717) is 0 Å². The van der Waals surface area contributed by atoms with Crippen molar-refractivity contribution in [2.24, 2.45) is 5.73 Å². The van der Waals surface area contributed by atoms with E-state index < -0.39 is 0 Å². The third kappa shape index (κ3) is 2.63. The molecule has 86 valence electrons. The Hall–Kier alpha value is -1.86. The summed E-state index contributed by atoms with van der Waals surface area (Å²) in [5.41, 5.74) is 9.77. The van der Waals surface area contributed by atoms with Crippen LogP contribution in [0, 0.1) is 0 Å². The molecule has 0 aliphatic heterocycles. The highest BCUT2D eigenvalue weighted by Crippen LogP contribution is 2.28. The quantitative estimate of drug-likeness (QED) is 0.781. The molecule has 0 fully saturated rings. The predicted octanol–water partition coefficient (Wildman–Crippen LogP) is 3.93. The molecule has 2 rings (SSSR count). The van der Waals surface area contributed by atoms with Gasteiger partial charge in [-0.3, -0.25) is 0 Å². The first-order chi connectivity index (χ1) is 8.33. The third-order valence-electron chi connectivity index (χ3n) is 2.87. The van der Waals surface area contributed by atoms with Crippen molar-refractivity contribution in [2.75, 3.05) is 0 Å². The summed E-state index contributed by atoms with van der Waals surface area (Å²) < 4.78 is 0. The zero-order chi connectivity index (χ0) is 12.1. The molecule has 0 radical (unpaired) electrons. The van der Waals surface area contributed by atoms with E-state index in [-0.39, 0.29) is 6.04 Å². The third-order valence-corrected chi connectivity index (χ3v) is 2.87. The molecule has 0 aliphatic carbocycles. The minimum atomic E-state index is 0.0175. The summed E-state index contributed by atoms with van der Waals surface area (Å²) in [5.74, 6) is 0. The number of nitrogens with two attached hydrogens (primary N) is 1. The largest absolute Gasteiger partial charge is 0.324 e. The molecular formula is C16H17N. The average molecular weight is 223 g/mol. The van der Waals surface area contributed by atoms with Gasteiger partial charge in [0.25, 0.3) is 0 Å². The monoisotopic (exact) mass is 223 g/mol. The van der Waals surface area contributed by atoms with Gasteiger partial charge in [-0.1, -0.05) is 60.7 Å². The maximum Gasteiger partial charge on any atom is 0.0335 e. The van der Waals surface area contributed by atoms with Crippen molar-refractivity contribution in [3.05, 3.63) is 72.8 Å². The highest BCUT2D eigenvalue weighted by molar-refractivity contribution is 5.67. The molecule has 1 unspecified atom stereocenters. The molecule has 0 aliphatic rings. The Bertz CT molecular complexity index is 488. The Morgan fingerprint density at radius 2 is 1.65 bits per heavy atom. The van der Waals surface area contributed by atoms with Crippen LogP contribution in [0.5, 0.6) is 0 Å². The van der Waals surface area contributed by atoms with Gasteiger partial charge in [-0.15, -0.1) is 6.58 Å². The van der Waals surface area contributed by atoms with Gasteiger partial charge in [0.05, 0.1) is 0 Å². The topological polar surface area (TPSA) is 26.0 Å². The Morgan fingerprint density at radius 3 is 2.35 bits per heavy atom. The fraction of sp³-hybridized carbons (Fsp3) is 0.125. The Balaban J connectivity index is 2.44. The van der Waals surface area contributed by atoms with Crippen LogP contribution in [0.1, 0.15) is 18.0 Å². The van der Waals surface area contributed by atoms with E-state index in [2.05, 4.69) is 30.8 Å². The van der Waals surface area contributed by atoms with E-state index in [1.54, 1.807) is 0 Å². The van der Waals surface area contributed by atoms with Crippen LogP contribution in [-0.2, 0) is 0 Å². The maximum atomic E-state index is 6.17. The normalized spacial score (nSPS) is 12.1. The fourth-order valence-corrected chi connectivity index (χ4v) is 2.01. The molecule has 0 saturated carbocycles. The van der Waals surface area contributed by atoms with Gasteiger partial charge in [-0.2, -0.15) is 0 Å². The van der Waals surface area contributed by atoms with E-state index in [1.807, 2.05) is 36.4 Å². The average Bonchev–Trinajstić information content (AvgIpc) is 2.40. The molecule has 17 heavy (non-hydrogen) atoms. The van der Waals surface area contributed by atoms with Gasteiger partial charge < -0.3 is 5.73 Å². The van der Waals surface area contributed by atoms with Crippen LogP contribution in [0.2, 0.25) is 0 Å². The summed E-state index contributed by atoms with van der Waals surface area (Å²) >= 11 is 0. The first kappa shape index (κ1) is 11.6. The minimum Gasteiger partial charge on any atom is -0.324 e. The highest BCUT2D eigenvalue weighted by atomic mass is 14.6. The van der Waals surface area contributed by atoms with Crippen molar-refractivity contribution in [3.8, 4) is 11.1 Å². The van der Waals surface area contributed by atoms with Gasteiger partial charge in [0.15, 0.2) is 0 Å². The maximum absolute atomic E-state index is 6.17. The van der Waals surface area contributed by atoms with Gasteiger partial charge in [-0.05, 0) is 23.1 Å². The smallest absolute Gasteiger partial charge is 0.0335 e. The number of rotatable bonds is 4. The molecule has 0 spiro atoms. The van der Waals surface area contributed by atoms with Crippen LogP contribution >= 0.6 is 0 Å². The molecule has 1 nitrogen and oxygen atoms in total. The molecule has 1 heteroatoms. The SMILES string of the molecule is C=CCC(N)c1ccccc1-c1ccccc1. The van der Waals surface area contributed by atoms with E-state index in [1.165, 1.54) is 16.7 Å². The molecule has 0 heterocycles. The van der Waals surface area contributed by atoms with Gasteiger partial charge in [0, 0.05) is 6.04 Å². The molecule has 2 aromatic rings. The standard InChI is InChI=1S/C16H17N/c1-2-8-16(17)15-12-7-6-11-14(15)13-9-4-3-5-10-13/h2-7,9-12,16H,1,8,17H2. The molecular weight excluding hydrogens is 206 g/mol. The van der Waals surface area contributed by atoms with Crippen molar-refractivity contribution < 1.29 is 0 Å². The van der Waals surface area contributed by atoms with Crippen molar-refractivity contribution in [2.45, 2.75) is 12.5 Å². The Labute approximate surface area is 103 Å². The van der Waals surface area contributed by atoms with Crippen molar-refractivity contribution in [1.29, 1.82) is 0 Å². The molecule has 0 amide bonds. The summed E-state index contributed by atoms with van der Waals surface area (Å²) in [6, 6.07) is 18.6. The number of hydrogen-bond donors (Lipinski definition) is 1. The van der Waals surface area contributed by atoms with E-state index in [4.69, 9.17) is 5.73 Å². The van der Waals surface area contributed by atoms with Gasteiger partial charge in [-0.25, -0.2) is 0 Å². The zero-order valence-corrected chi connectivity index (χ0v) is 9.84. The van der Waals surface area contributed by atoms with E-state index in [9.17, 15) is 0 Å². The first-order valence-electron chi connectivity index (χ1n) is 5.83. The molecule has 2 aromatic carbocycles. The first-order valence-corrected chi connectivity index (χ1v) is 5.83. The van der Waals surface area contributed by atoms with Crippen molar-refractivity contribution >= 4 is 0 Å². The van der Waals surface area contributed by atoms with Crippen LogP contribution in [0.15, 0.2) is 67.3 Å². The predicted molar refractivity (Wildman–Crippen MR) is 73.6 cm³/mol. The van der Waals surface area contributed by atoms with E-state index >= 15 is 0 Å². The summed E-state index contributed by atoms with van der Waals surface area (Å²) in [4.78, 5) is 0. The minimum absolute atomic E-state index is 0.0175. The van der Waals surface area contributed by atoms with Crippen molar-refractivity contribution in [1.82, 2.24) is 0 Å². The number of hydrogen-bond acceptors (Lipinski definition) is 1.